The first-order valence-corrected chi connectivity index (χ1v) is 9.72. The van der Waals surface area contributed by atoms with Crippen LogP contribution in [0.3, 0.4) is 0 Å². The number of carbonyl (C=O) groups is 1. The monoisotopic (exact) mass is 381 g/mol. The first-order valence-electron chi connectivity index (χ1n) is 8.73. The molecule has 1 unspecified atom stereocenters. The molecule has 1 atom stereocenters. The van der Waals surface area contributed by atoms with Gasteiger partial charge in [-0.3, -0.25) is 4.79 Å². The lowest BCUT2D eigenvalue weighted by Gasteiger charge is -2.20. The van der Waals surface area contributed by atoms with Crippen LogP contribution in [0.2, 0.25) is 0 Å². The van der Waals surface area contributed by atoms with Crippen LogP contribution in [0.15, 0.2) is 46.7 Å². The minimum atomic E-state index is -0.965. The Labute approximate surface area is 155 Å². The first kappa shape index (κ1) is 18.9. The fraction of sp³-hybridized carbons (Fsp3) is 0.474. The number of carboxylic acid groups (broad SMARTS) is 1. The summed E-state index contributed by atoms with van der Waals surface area (Å²) >= 11 is 1.68. The second kappa shape index (κ2) is 8.66. The minimum Gasteiger partial charge on any atom is -0.488 e. The van der Waals surface area contributed by atoms with E-state index in [1.807, 2.05) is 12.1 Å². The highest BCUT2D eigenvalue weighted by Gasteiger charge is 2.27. The van der Waals surface area contributed by atoms with Crippen molar-refractivity contribution < 1.29 is 23.4 Å². The summed E-state index contributed by atoms with van der Waals surface area (Å²) in [6.45, 7) is -0.0352. The molecule has 140 valence electrons. The molecule has 26 heavy (non-hydrogen) atoms. The molecule has 3 rings (SSSR count). The zero-order chi connectivity index (χ0) is 18.5. The van der Waals surface area contributed by atoms with Gasteiger partial charge in [-0.15, -0.1) is 11.8 Å². The molecule has 7 heteroatoms. The SMILES string of the molecule is O=C(O)CCCOC1=C(F)CC(c2cccc(SCC3CC3)n2)C=C1F. The van der Waals surface area contributed by atoms with Crippen LogP contribution < -0.4 is 0 Å². The van der Waals surface area contributed by atoms with Gasteiger partial charge in [0.05, 0.1) is 11.6 Å². The molecule has 0 bridgehead atoms. The predicted octanol–water partition coefficient (Wildman–Crippen LogP) is 4.99. The van der Waals surface area contributed by atoms with Crippen LogP contribution in [0.1, 0.15) is 43.7 Å². The maximum Gasteiger partial charge on any atom is 0.303 e. The number of carboxylic acids is 1. The average molecular weight is 381 g/mol. The molecule has 4 nitrogen and oxygen atoms in total. The summed E-state index contributed by atoms with van der Waals surface area (Å²) in [5.41, 5.74) is 0.640. The zero-order valence-electron chi connectivity index (χ0n) is 14.3. The van der Waals surface area contributed by atoms with Gasteiger partial charge >= 0.3 is 5.97 Å². The molecule has 1 aromatic rings. The summed E-state index contributed by atoms with van der Waals surface area (Å²) in [5.74, 6) is -1.45. The van der Waals surface area contributed by atoms with Gasteiger partial charge in [-0.25, -0.2) is 13.8 Å². The van der Waals surface area contributed by atoms with E-state index < -0.39 is 29.3 Å². The van der Waals surface area contributed by atoms with Gasteiger partial charge in [0, 0.05) is 30.2 Å². The Morgan fingerprint density at radius 1 is 1.35 bits per heavy atom. The van der Waals surface area contributed by atoms with Crippen LogP contribution in [0.4, 0.5) is 8.78 Å². The van der Waals surface area contributed by atoms with E-state index in [1.165, 1.54) is 18.9 Å². The molecule has 0 aliphatic heterocycles. The van der Waals surface area contributed by atoms with E-state index in [0.29, 0.717) is 5.69 Å². The molecular weight excluding hydrogens is 360 g/mol. The summed E-state index contributed by atoms with van der Waals surface area (Å²) < 4.78 is 33.7. The lowest BCUT2D eigenvalue weighted by molar-refractivity contribution is -0.137. The summed E-state index contributed by atoms with van der Waals surface area (Å²) in [5, 5.41) is 9.45. The highest BCUT2D eigenvalue weighted by atomic mass is 32.2. The molecule has 0 spiro atoms. The number of aliphatic carboxylic acids is 1. The van der Waals surface area contributed by atoms with E-state index in [1.54, 1.807) is 17.8 Å². The highest BCUT2D eigenvalue weighted by Crippen LogP contribution is 2.38. The third kappa shape index (κ3) is 5.30. The molecule has 1 heterocycles. The molecule has 1 saturated carbocycles. The maximum atomic E-state index is 14.3. The van der Waals surface area contributed by atoms with Gasteiger partial charge in [0.15, 0.2) is 11.6 Å². The molecule has 2 aliphatic carbocycles. The summed E-state index contributed by atoms with van der Waals surface area (Å²) in [6, 6.07) is 5.56. The average Bonchev–Trinajstić information content (AvgIpc) is 3.43. The molecule has 0 aromatic carbocycles. The number of hydrogen-bond acceptors (Lipinski definition) is 4. The largest absolute Gasteiger partial charge is 0.488 e. The van der Waals surface area contributed by atoms with Gasteiger partial charge < -0.3 is 9.84 Å². The number of ether oxygens (including phenoxy) is 1. The smallest absolute Gasteiger partial charge is 0.303 e. The van der Waals surface area contributed by atoms with E-state index in [-0.39, 0.29) is 25.9 Å². The summed E-state index contributed by atoms with van der Waals surface area (Å²) in [6.07, 6.45) is 3.96. The van der Waals surface area contributed by atoms with E-state index in [2.05, 4.69) is 4.98 Å². The first-order chi connectivity index (χ1) is 12.5. The van der Waals surface area contributed by atoms with Crippen LogP contribution in [-0.4, -0.2) is 28.4 Å². The van der Waals surface area contributed by atoms with Crippen LogP contribution in [0, 0.1) is 5.92 Å². The van der Waals surface area contributed by atoms with Crippen molar-refractivity contribution in [2.75, 3.05) is 12.4 Å². The van der Waals surface area contributed by atoms with Crippen LogP contribution in [0.25, 0.3) is 0 Å². The zero-order valence-corrected chi connectivity index (χ0v) is 15.1. The summed E-state index contributed by atoms with van der Waals surface area (Å²) in [4.78, 5) is 15.0. The van der Waals surface area contributed by atoms with Crippen molar-refractivity contribution in [1.82, 2.24) is 4.98 Å². The predicted molar refractivity (Wildman–Crippen MR) is 95.2 cm³/mol. The fourth-order valence-corrected chi connectivity index (χ4v) is 3.75. The third-order valence-corrected chi connectivity index (χ3v) is 5.44. The lowest BCUT2D eigenvalue weighted by atomic mass is 9.94. The van der Waals surface area contributed by atoms with Gasteiger partial charge in [-0.2, -0.15) is 0 Å². The molecule has 1 N–H and O–H groups in total. The molecule has 2 aliphatic rings. The van der Waals surface area contributed by atoms with Gasteiger partial charge in [0.25, 0.3) is 0 Å². The van der Waals surface area contributed by atoms with Crippen molar-refractivity contribution in [2.45, 2.75) is 43.0 Å². The topological polar surface area (TPSA) is 59.4 Å². The maximum absolute atomic E-state index is 14.3. The summed E-state index contributed by atoms with van der Waals surface area (Å²) in [7, 11) is 0. The molecule has 0 amide bonds. The van der Waals surface area contributed by atoms with Crippen molar-refractivity contribution in [3.8, 4) is 0 Å². The van der Waals surface area contributed by atoms with Gasteiger partial charge in [0.2, 0.25) is 0 Å². The number of aromatic nitrogens is 1. The van der Waals surface area contributed by atoms with Crippen LogP contribution in [-0.2, 0) is 9.53 Å². The number of rotatable bonds is 9. The Balaban J connectivity index is 1.60. The minimum absolute atomic E-state index is 0.00850. The second-order valence-electron chi connectivity index (χ2n) is 6.56. The Morgan fingerprint density at radius 3 is 2.85 bits per heavy atom. The number of halogens is 2. The number of allylic oxidation sites excluding steroid dienone is 3. The van der Waals surface area contributed by atoms with E-state index in [0.717, 1.165) is 16.7 Å². The van der Waals surface area contributed by atoms with Crippen molar-refractivity contribution in [1.29, 1.82) is 0 Å². The normalized spacial score (nSPS) is 20.1. The van der Waals surface area contributed by atoms with Crippen molar-refractivity contribution in [3.05, 3.63) is 47.4 Å². The fourth-order valence-electron chi connectivity index (χ4n) is 2.67. The Hall–Kier alpha value is -1.89. The third-order valence-electron chi connectivity index (χ3n) is 4.28. The highest BCUT2D eigenvalue weighted by molar-refractivity contribution is 7.99. The number of nitrogens with zero attached hydrogens (tertiary/aromatic N) is 1. The molecule has 0 saturated heterocycles. The quantitative estimate of drug-likeness (QED) is 0.482. The number of pyridine rings is 1. The molecule has 0 radical (unpaired) electrons. The Bertz CT molecular complexity index is 731. The number of hydrogen-bond donors (Lipinski definition) is 1. The van der Waals surface area contributed by atoms with E-state index in [9.17, 15) is 13.6 Å². The van der Waals surface area contributed by atoms with Crippen LogP contribution in [0.5, 0.6) is 0 Å². The Kier molecular flexibility index (Phi) is 6.29. The van der Waals surface area contributed by atoms with E-state index >= 15 is 0 Å². The number of thioether (sulfide) groups is 1. The Morgan fingerprint density at radius 2 is 2.15 bits per heavy atom. The van der Waals surface area contributed by atoms with Crippen molar-refractivity contribution >= 4 is 17.7 Å². The van der Waals surface area contributed by atoms with Gasteiger partial charge in [0.1, 0.15) is 5.83 Å². The molecule has 1 fully saturated rings. The second-order valence-corrected chi connectivity index (χ2v) is 7.60. The van der Waals surface area contributed by atoms with Gasteiger partial charge in [-0.05, 0) is 43.4 Å². The van der Waals surface area contributed by atoms with Crippen molar-refractivity contribution in [3.63, 3.8) is 0 Å². The molecule has 1 aromatic heterocycles. The van der Waals surface area contributed by atoms with Gasteiger partial charge in [-0.1, -0.05) is 6.07 Å². The van der Waals surface area contributed by atoms with Crippen molar-refractivity contribution in [2.24, 2.45) is 5.92 Å². The lowest BCUT2D eigenvalue weighted by Crippen LogP contribution is -2.10. The van der Waals surface area contributed by atoms with Crippen LogP contribution >= 0.6 is 11.8 Å². The van der Waals surface area contributed by atoms with E-state index in [4.69, 9.17) is 9.84 Å². The molecular formula is C19H21F2NO3S. The standard InChI is InChI=1S/C19H21F2NO3S/c20-14-9-13(10-15(21)19(14)25-8-2-5-18(23)24)16-3-1-4-17(22-16)26-11-12-6-7-12/h1,3-4,9,12-13H,2,5-8,10-11H2,(H,23,24).